The van der Waals surface area contributed by atoms with E-state index < -0.39 is 0 Å². The molecule has 0 aliphatic heterocycles. The molecule has 0 aromatic heterocycles. The Bertz CT molecular complexity index is 420. The van der Waals surface area contributed by atoms with Crippen LogP contribution in [-0.2, 0) is 4.79 Å². The fourth-order valence-corrected chi connectivity index (χ4v) is 1.91. The van der Waals surface area contributed by atoms with Gasteiger partial charge < -0.3 is 5.32 Å². The Morgan fingerprint density at radius 2 is 1.79 bits per heavy atom. The summed E-state index contributed by atoms with van der Waals surface area (Å²) in [4.78, 5) is 22.5. The highest BCUT2D eigenvalue weighted by Gasteiger charge is 2.04. The third kappa shape index (κ3) is 6.53. The van der Waals surface area contributed by atoms with Crippen LogP contribution >= 0.6 is 22.6 Å². The van der Waals surface area contributed by atoms with Crippen LogP contribution in [0, 0.1) is 3.57 Å². The number of carbonyl (C=O) groups excluding carboxylic acids is 2. The van der Waals surface area contributed by atoms with E-state index in [-0.39, 0.29) is 11.8 Å². The summed E-state index contributed by atoms with van der Waals surface area (Å²) in [5.41, 5.74) is 2.24. The van der Waals surface area contributed by atoms with Crippen LogP contribution in [0.3, 0.4) is 0 Å². The minimum absolute atomic E-state index is 0.0792. The molecule has 0 heterocycles. The van der Waals surface area contributed by atoms with Crippen LogP contribution in [0.25, 0.3) is 0 Å². The molecular weight excluding hydrogens is 359 g/mol. The van der Waals surface area contributed by atoms with Crippen LogP contribution in [0.4, 0.5) is 0 Å². The first-order valence-electron chi connectivity index (χ1n) is 6.10. The normalized spacial score (nSPS) is 10.0. The van der Waals surface area contributed by atoms with Crippen molar-refractivity contribution in [3.63, 3.8) is 0 Å². The largest absolute Gasteiger partial charge is 0.352 e. The number of hydroxylamine groups is 1. The molecule has 6 heteroatoms. The highest BCUT2D eigenvalue weighted by atomic mass is 127. The molecule has 3 N–H and O–H groups in total. The van der Waals surface area contributed by atoms with Crippen molar-refractivity contribution < 1.29 is 14.8 Å². The van der Waals surface area contributed by atoms with Crippen molar-refractivity contribution >= 4 is 34.4 Å². The summed E-state index contributed by atoms with van der Waals surface area (Å²) in [6, 6.07) is 7.37. The van der Waals surface area contributed by atoms with E-state index in [0.29, 0.717) is 24.9 Å². The number of amides is 2. The fourth-order valence-electron chi connectivity index (χ4n) is 1.55. The smallest absolute Gasteiger partial charge is 0.251 e. The first-order valence-corrected chi connectivity index (χ1v) is 7.18. The number of halogens is 1. The molecule has 0 unspecified atom stereocenters. The SMILES string of the molecule is O=C(CCCCCNC(=O)c1ccc(I)cc1)NO. The summed E-state index contributed by atoms with van der Waals surface area (Å²) >= 11 is 2.19. The quantitative estimate of drug-likeness (QED) is 0.295. The Balaban J connectivity index is 2.14. The Labute approximate surface area is 125 Å². The number of unbranched alkanes of at least 4 members (excludes halogenated alkanes) is 2. The number of nitrogens with one attached hydrogen (secondary N) is 2. The summed E-state index contributed by atoms with van der Waals surface area (Å²) in [7, 11) is 0. The zero-order chi connectivity index (χ0) is 14.1. The van der Waals surface area contributed by atoms with Gasteiger partial charge in [0.2, 0.25) is 5.91 Å². The minimum Gasteiger partial charge on any atom is -0.352 e. The molecule has 1 rings (SSSR count). The van der Waals surface area contributed by atoms with Crippen LogP contribution in [0.1, 0.15) is 36.0 Å². The van der Waals surface area contributed by atoms with E-state index in [4.69, 9.17) is 5.21 Å². The lowest BCUT2D eigenvalue weighted by atomic mass is 10.2. The standard InChI is InChI=1S/C13H17IN2O3/c14-11-7-5-10(6-8-11)13(18)15-9-3-1-2-4-12(17)16-19/h5-8,19H,1-4,9H2,(H,15,18)(H,16,17). The van der Waals surface area contributed by atoms with Gasteiger partial charge in [-0.15, -0.1) is 0 Å². The molecule has 0 radical (unpaired) electrons. The topological polar surface area (TPSA) is 78.4 Å². The highest BCUT2D eigenvalue weighted by molar-refractivity contribution is 14.1. The van der Waals surface area contributed by atoms with E-state index >= 15 is 0 Å². The van der Waals surface area contributed by atoms with Gasteiger partial charge in [0.05, 0.1) is 0 Å². The van der Waals surface area contributed by atoms with Crippen molar-refractivity contribution in [2.45, 2.75) is 25.7 Å². The Hall–Kier alpha value is -1.15. The molecule has 0 fully saturated rings. The maximum atomic E-state index is 11.7. The number of hydrogen-bond donors (Lipinski definition) is 3. The van der Waals surface area contributed by atoms with E-state index in [1.807, 2.05) is 12.1 Å². The Morgan fingerprint density at radius 3 is 2.42 bits per heavy atom. The van der Waals surface area contributed by atoms with Gasteiger partial charge in [-0.3, -0.25) is 14.8 Å². The van der Waals surface area contributed by atoms with E-state index in [2.05, 4.69) is 27.9 Å². The van der Waals surface area contributed by atoms with Gasteiger partial charge in [-0.05, 0) is 59.7 Å². The average molecular weight is 376 g/mol. The lowest BCUT2D eigenvalue weighted by molar-refractivity contribution is -0.129. The van der Waals surface area contributed by atoms with Crippen molar-refractivity contribution in [2.75, 3.05) is 6.54 Å². The second kappa shape index (κ2) is 8.87. The summed E-state index contributed by atoms with van der Waals surface area (Å²) in [5.74, 6) is -0.451. The molecule has 0 bridgehead atoms. The molecule has 19 heavy (non-hydrogen) atoms. The van der Waals surface area contributed by atoms with Gasteiger partial charge in [0.15, 0.2) is 0 Å². The van der Waals surface area contributed by atoms with Gasteiger partial charge in [0.25, 0.3) is 5.91 Å². The van der Waals surface area contributed by atoms with Crippen molar-refractivity contribution in [2.24, 2.45) is 0 Å². The number of hydrogen-bond acceptors (Lipinski definition) is 3. The van der Waals surface area contributed by atoms with Gasteiger partial charge >= 0.3 is 0 Å². The van der Waals surface area contributed by atoms with Crippen LogP contribution in [-0.4, -0.2) is 23.6 Å². The zero-order valence-corrected chi connectivity index (χ0v) is 12.6. The fraction of sp³-hybridized carbons (Fsp3) is 0.385. The summed E-state index contributed by atoms with van der Waals surface area (Å²) in [6.45, 7) is 0.589. The van der Waals surface area contributed by atoms with Crippen LogP contribution < -0.4 is 10.8 Å². The predicted octanol–water partition coefficient (Wildman–Crippen LogP) is 2.09. The molecule has 0 aliphatic carbocycles. The molecule has 1 aromatic rings. The molecule has 5 nitrogen and oxygen atoms in total. The molecule has 104 valence electrons. The van der Waals surface area contributed by atoms with Crippen molar-refractivity contribution in [1.29, 1.82) is 0 Å². The van der Waals surface area contributed by atoms with Gasteiger partial charge in [0, 0.05) is 22.1 Å². The van der Waals surface area contributed by atoms with Crippen LogP contribution in [0.15, 0.2) is 24.3 Å². The van der Waals surface area contributed by atoms with Gasteiger partial charge in [-0.25, -0.2) is 5.48 Å². The molecule has 0 saturated carbocycles. The van der Waals surface area contributed by atoms with Crippen LogP contribution in [0.5, 0.6) is 0 Å². The van der Waals surface area contributed by atoms with Gasteiger partial charge in [0.1, 0.15) is 0 Å². The molecular formula is C13H17IN2O3. The summed E-state index contributed by atoms with van der Waals surface area (Å²) in [6.07, 6.45) is 2.66. The molecule has 0 atom stereocenters. The first-order chi connectivity index (χ1) is 9.13. The van der Waals surface area contributed by atoms with E-state index in [0.717, 1.165) is 16.4 Å². The number of rotatable bonds is 7. The molecule has 1 aromatic carbocycles. The molecule has 2 amide bonds. The van der Waals surface area contributed by atoms with E-state index in [1.165, 1.54) is 0 Å². The monoisotopic (exact) mass is 376 g/mol. The predicted molar refractivity (Wildman–Crippen MR) is 79.9 cm³/mol. The maximum Gasteiger partial charge on any atom is 0.251 e. The van der Waals surface area contributed by atoms with Gasteiger partial charge in [-0.1, -0.05) is 6.42 Å². The number of carbonyl (C=O) groups is 2. The van der Waals surface area contributed by atoms with E-state index in [1.54, 1.807) is 17.6 Å². The lowest BCUT2D eigenvalue weighted by Crippen LogP contribution is -2.24. The van der Waals surface area contributed by atoms with Gasteiger partial charge in [-0.2, -0.15) is 0 Å². The zero-order valence-electron chi connectivity index (χ0n) is 10.5. The molecule has 0 saturated heterocycles. The van der Waals surface area contributed by atoms with Crippen molar-refractivity contribution in [3.8, 4) is 0 Å². The average Bonchev–Trinajstić information content (AvgIpc) is 2.42. The minimum atomic E-state index is -0.372. The number of benzene rings is 1. The highest BCUT2D eigenvalue weighted by Crippen LogP contribution is 2.06. The first kappa shape index (κ1) is 15.9. The lowest BCUT2D eigenvalue weighted by Gasteiger charge is -2.05. The van der Waals surface area contributed by atoms with Crippen molar-refractivity contribution in [1.82, 2.24) is 10.8 Å². The van der Waals surface area contributed by atoms with E-state index in [9.17, 15) is 9.59 Å². The summed E-state index contributed by atoms with van der Waals surface area (Å²) < 4.78 is 1.09. The molecule has 0 aliphatic rings. The third-order valence-corrected chi connectivity index (χ3v) is 3.32. The summed E-state index contributed by atoms with van der Waals surface area (Å²) in [5, 5.41) is 11.1. The molecule has 0 spiro atoms. The second-order valence-electron chi connectivity index (χ2n) is 4.11. The maximum absolute atomic E-state index is 11.7. The Morgan fingerprint density at radius 1 is 1.11 bits per heavy atom. The second-order valence-corrected chi connectivity index (χ2v) is 5.35. The Kier molecular flexibility index (Phi) is 7.42. The third-order valence-electron chi connectivity index (χ3n) is 2.60. The van der Waals surface area contributed by atoms with Crippen molar-refractivity contribution in [3.05, 3.63) is 33.4 Å². The van der Waals surface area contributed by atoms with Crippen LogP contribution in [0.2, 0.25) is 0 Å².